The van der Waals surface area contributed by atoms with Gasteiger partial charge in [-0.2, -0.15) is 0 Å². The van der Waals surface area contributed by atoms with Gasteiger partial charge in [0.2, 0.25) is 0 Å². The average Bonchev–Trinajstić information content (AvgIpc) is 2.41. The Balaban J connectivity index is 2.08. The smallest absolute Gasteiger partial charge is 0.339 e. The van der Waals surface area contributed by atoms with Gasteiger partial charge in [0.15, 0.2) is 0 Å². The Hall–Kier alpha value is -2.35. The number of para-hydroxylation sites is 1. The highest BCUT2D eigenvalue weighted by Crippen LogP contribution is 2.12. The number of carbonyl (C=O) groups excluding carboxylic acids is 1. The second-order valence-electron chi connectivity index (χ2n) is 3.94. The van der Waals surface area contributed by atoms with Gasteiger partial charge in [-0.3, -0.25) is 0 Å². The summed E-state index contributed by atoms with van der Waals surface area (Å²) in [5.41, 5.74) is 1.56. The molecule has 0 saturated heterocycles. The third-order valence-corrected chi connectivity index (χ3v) is 2.46. The van der Waals surface area contributed by atoms with Crippen LogP contribution in [-0.2, 0) is 4.79 Å². The monoisotopic (exact) mass is 238 g/mol. The number of rotatable bonds is 3. The summed E-state index contributed by atoms with van der Waals surface area (Å²) < 4.78 is 5.24. The van der Waals surface area contributed by atoms with E-state index in [1.165, 1.54) is 0 Å². The average molecular weight is 238 g/mol. The van der Waals surface area contributed by atoms with Crippen molar-refractivity contribution in [2.75, 3.05) is 0 Å². The molecule has 0 atom stereocenters. The first kappa shape index (κ1) is 12.1. The number of esters is 1. The van der Waals surface area contributed by atoms with E-state index in [2.05, 4.69) is 0 Å². The zero-order chi connectivity index (χ0) is 12.8. The van der Waals surface area contributed by atoms with Gasteiger partial charge in [-0.05, 0) is 30.7 Å². The Morgan fingerprint density at radius 2 is 1.50 bits per heavy atom. The van der Waals surface area contributed by atoms with Crippen molar-refractivity contribution in [3.63, 3.8) is 0 Å². The maximum Gasteiger partial charge on any atom is 0.339 e. The summed E-state index contributed by atoms with van der Waals surface area (Å²) in [6, 6.07) is 18.7. The molecule has 18 heavy (non-hydrogen) atoms. The molecule has 90 valence electrons. The minimum atomic E-state index is -0.329. The number of hydrogen-bond donors (Lipinski definition) is 0. The maximum absolute atomic E-state index is 11.8. The second-order valence-corrected chi connectivity index (χ2v) is 3.94. The third-order valence-electron chi connectivity index (χ3n) is 2.46. The van der Waals surface area contributed by atoms with E-state index in [4.69, 9.17) is 4.74 Å². The van der Waals surface area contributed by atoms with E-state index in [-0.39, 0.29) is 5.97 Å². The predicted molar refractivity (Wildman–Crippen MR) is 72.2 cm³/mol. The summed E-state index contributed by atoms with van der Waals surface area (Å²) in [6.07, 6.45) is 1.81. The van der Waals surface area contributed by atoms with E-state index in [1.807, 2.05) is 54.6 Å². The minimum absolute atomic E-state index is 0.329. The van der Waals surface area contributed by atoms with E-state index in [1.54, 1.807) is 19.1 Å². The Bertz CT molecular complexity index is 542. The normalized spacial score (nSPS) is 11.1. The molecule has 2 rings (SSSR count). The number of carbonyl (C=O) groups is 1. The van der Waals surface area contributed by atoms with Crippen LogP contribution in [0.4, 0.5) is 0 Å². The molecule has 0 aliphatic rings. The van der Waals surface area contributed by atoms with Crippen LogP contribution in [0.3, 0.4) is 0 Å². The fraction of sp³-hybridized carbons (Fsp3) is 0.0625. The highest BCUT2D eigenvalue weighted by Gasteiger charge is 2.06. The summed E-state index contributed by atoms with van der Waals surface area (Å²) in [5.74, 6) is 0.230. The van der Waals surface area contributed by atoms with E-state index in [9.17, 15) is 4.79 Å². The van der Waals surface area contributed by atoms with Crippen LogP contribution in [0.25, 0.3) is 6.08 Å². The van der Waals surface area contributed by atoms with Crippen molar-refractivity contribution < 1.29 is 9.53 Å². The van der Waals surface area contributed by atoms with Crippen LogP contribution in [-0.4, -0.2) is 5.97 Å². The molecule has 0 spiro atoms. The molecular weight excluding hydrogens is 224 g/mol. The highest BCUT2D eigenvalue weighted by molar-refractivity contribution is 5.94. The molecule has 0 unspecified atom stereocenters. The minimum Gasteiger partial charge on any atom is -0.423 e. The largest absolute Gasteiger partial charge is 0.423 e. The Kier molecular flexibility index (Phi) is 3.92. The van der Waals surface area contributed by atoms with Gasteiger partial charge in [0.1, 0.15) is 5.75 Å². The molecule has 0 bridgehead atoms. The molecular formula is C16H14O2. The Morgan fingerprint density at radius 3 is 2.11 bits per heavy atom. The molecule has 0 aliphatic heterocycles. The first-order valence-corrected chi connectivity index (χ1v) is 5.76. The van der Waals surface area contributed by atoms with E-state index < -0.39 is 0 Å². The molecule has 0 N–H and O–H groups in total. The molecule has 2 heteroatoms. The third kappa shape index (κ3) is 3.32. The molecule has 2 aromatic rings. The van der Waals surface area contributed by atoms with Crippen molar-refractivity contribution in [1.29, 1.82) is 0 Å². The van der Waals surface area contributed by atoms with Crippen LogP contribution in [0.5, 0.6) is 5.75 Å². The fourth-order valence-electron chi connectivity index (χ4n) is 1.53. The molecule has 2 nitrogen and oxygen atoms in total. The van der Waals surface area contributed by atoms with Gasteiger partial charge in [-0.15, -0.1) is 0 Å². The van der Waals surface area contributed by atoms with E-state index in [0.717, 1.165) is 5.56 Å². The first-order valence-electron chi connectivity index (χ1n) is 5.76. The summed E-state index contributed by atoms with van der Waals surface area (Å²) >= 11 is 0. The van der Waals surface area contributed by atoms with Crippen molar-refractivity contribution in [3.8, 4) is 5.75 Å². The lowest BCUT2D eigenvalue weighted by molar-refractivity contribution is -0.130. The van der Waals surface area contributed by atoms with Crippen molar-refractivity contribution in [2.24, 2.45) is 0 Å². The summed E-state index contributed by atoms with van der Waals surface area (Å²) in [4.78, 5) is 11.8. The van der Waals surface area contributed by atoms with Gasteiger partial charge >= 0.3 is 5.97 Å². The zero-order valence-electron chi connectivity index (χ0n) is 10.2. The van der Waals surface area contributed by atoms with E-state index in [0.29, 0.717) is 11.3 Å². The zero-order valence-corrected chi connectivity index (χ0v) is 10.2. The van der Waals surface area contributed by atoms with E-state index >= 15 is 0 Å². The van der Waals surface area contributed by atoms with Crippen LogP contribution in [0.2, 0.25) is 0 Å². The first-order chi connectivity index (χ1) is 8.75. The van der Waals surface area contributed by atoms with Crippen molar-refractivity contribution >= 4 is 12.0 Å². The van der Waals surface area contributed by atoms with Gasteiger partial charge in [0, 0.05) is 5.57 Å². The molecule has 0 aromatic heterocycles. The lowest BCUT2D eigenvalue weighted by Gasteiger charge is -2.04. The molecule has 0 heterocycles. The van der Waals surface area contributed by atoms with Crippen molar-refractivity contribution in [1.82, 2.24) is 0 Å². The highest BCUT2D eigenvalue weighted by atomic mass is 16.5. The second kappa shape index (κ2) is 5.82. The maximum atomic E-state index is 11.8. The predicted octanol–water partition coefficient (Wildman–Crippen LogP) is 3.70. The van der Waals surface area contributed by atoms with Crippen LogP contribution in [0.1, 0.15) is 12.5 Å². The van der Waals surface area contributed by atoms with Gasteiger partial charge in [0.05, 0.1) is 0 Å². The van der Waals surface area contributed by atoms with Gasteiger partial charge < -0.3 is 4.74 Å². The van der Waals surface area contributed by atoms with Crippen LogP contribution in [0.15, 0.2) is 66.2 Å². The summed E-state index contributed by atoms with van der Waals surface area (Å²) in [7, 11) is 0. The number of ether oxygens (including phenoxy) is 1. The number of hydrogen-bond acceptors (Lipinski definition) is 2. The number of benzene rings is 2. The molecule has 0 radical (unpaired) electrons. The quantitative estimate of drug-likeness (QED) is 0.463. The van der Waals surface area contributed by atoms with Crippen LogP contribution in [0, 0.1) is 0 Å². The van der Waals surface area contributed by atoms with Crippen LogP contribution < -0.4 is 4.74 Å². The molecule has 0 fully saturated rings. The van der Waals surface area contributed by atoms with Gasteiger partial charge in [-0.1, -0.05) is 48.5 Å². The molecule has 0 aliphatic carbocycles. The summed E-state index contributed by atoms with van der Waals surface area (Å²) in [6.45, 7) is 1.75. The Labute approximate surface area is 107 Å². The molecule has 0 saturated carbocycles. The van der Waals surface area contributed by atoms with Crippen molar-refractivity contribution in [3.05, 3.63) is 71.8 Å². The van der Waals surface area contributed by atoms with Gasteiger partial charge in [0.25, 0.3) is 0 Å². The molecule has 0 amide bonds. The standard InChI is InChI=1S/C16H14O2/c1-13(12-14-8-4-2-5-9-14)16(17)18-15-10-6-3-7-11-15/h2-12H,1H3. The summed E-state index contributed by atoms with van der Waals surface area (Å²) in [5, 5.41) is 0. The van der Waals surface area contributed by atoms with Gasteiger partial charge in [-0.25, -0.2) is 4.79 Å². The van der Waals surface area contributed by atoms with Crippen molar-refractivity contribution in [2.45, 2.75) is 6.92 Å². The lowest BCUT2D eigenvalue weighted by atomic mass is 10.1. The Morgan fingerprint density at radius 1 is 0.944 bits per heavy atom. The topological polar surface area (TPSA) is 26.3 Å². The SMILES string of the molecule is CC(=Cc1ccccc1)C(=O)Oc1ccccc1. The fourth-order valence-corrected chi connectivity index (χ4v) is 1.53. The molecule has 2 aromatic carbocycles. The lowest BCUT2D eigenvalue weighted by Crippen LogP contribution is -2.08. The van der Waals surface area contributed by atoms with Crippen LogP contribution >= 0.6 is 0 Å².